The van der Waals surface area contributed by atoms with Crippen LogP contribution in [0.5, 0.6) is 0 Å². The molecule has 2 rings (SSSR count). The molecule has 0 radical (unpaired) electrons. The molecule has 7 nitrogen and oxygen atoms in total. The fraction of sp³-hybridized carbons (Fsp3) is 0.588. The molecule has 0 bridgehead atoms. The van der Waals surface area contributed by atoms with E-state index < -0.39 is 36.6 Å². The van der Waals surface area contributed by atoms with Crippen molar-refractivity contribution in [3.05, 3.63) is 46.3 Å². The van der Waals surface area contributed by atoms with Crippen molar-refractivity contribution in [2.24, 2.45) is 5.11 Å². The highest BCUT2D eigenvalue weighted by atomic mass is 19.4. The van der Waals surface area contributed by atoms with Gasteiger partial charge in [0.25, 0.3) is 0 Å². The van der Waals surface area contributed by atoms with Crippen molar-refractivity contribution in [3.63, 3.8) is 0 Å². The van der Waals surface area contributed by atoms with Gasteiger partial charge in [-0.3, -0.25) is 4.79 Å². The summed E-state index contributed by atoms with van der Waals surface area (Å²) in [7, 11) is 1.36. The number of methoxy groups -OCH3 is 1. The van der Waals surface area contributed by atoms with Gasteiger partial charge in [0, 0.05) is 18.6 Å². The number of benzene rings is 1. The Morgan fingerprint density at radius 3 is 2.63 bits per heavy atom. The van der Waals surface area contributed by atoms with E-state index in [1.807, 2.05) is 0 Å². The summed E-state index contributed by atoms with van der Waals surface area (Å²) in [6.07, 6.45) is -5.80. The number of hydrogen-bond donors (Lipinski definition) is 0. The maximum absolute atomic E-state index is 13.1. The zero-order chi connectivity index (χ0) is 20.0. The minimum atomic E-state index is -4.99. The minimum absolute atomic E-state index is 0.253. The average Bonchev–Trinajstić information content (AvgIpc) is 2.66. The SMILES string of the molecule is CO[C@H]1O[C@H](CN(C(=O)C(F)(F)F)[C@H](C)c2ccccc2)CC[C@H]1N=[N+]=[N-]. The Hall–Kier alpha value is -2.29. The first-order valence-electron chi connectivity index (χ1n) is 8.43. The van der Waals surface area contributed by atoms with E-state index in [2.05, 4.69) is 10.0 Å². The van der Waals surface area contributed by atoms with Gasteiger partial charge in [0.1, 0.15) is 0 Å². The van der Waals surface area contributed by atoms with Gasteiger partial charge in [0.05, 0.1) is 18.2 Å². The van der Waals surface area contributed by atoms with Crippen molar-refractivity contribution < 1.29 is 27.4 Å². The Balaban J connectivity index is 2.19. The number of alkyl halides is 3. The molecule has 1 aliphatic heterocycles. The topological polar surface area (TPSA) is 87.5 Å². The predicted octanol–water partition coefficient (Wildman–Crippen LogP) is 3.97. The maximum Gasteiger partial charge on any atom is 0.471 e. The molecule has 1 aromatic carbocycles. The third-order valence-electron chi connectivity index (χ3n) is 4.51. The normalized spacial score (nSPS) is 24.0. The van der Waals surface area contributed by atoms with E-state index in [4.69, 9.17) is 15.0 Å². The van der Waals surface area contributed by atoms with Crippen LogP contribution in [0.1, 0.15) is 31.4 Å². The van der Waals surface area contributed by atoms with Crippen LogP contribution in [0.4, 0.5) is 13.2 Å². The number of hydrogen-bond acceptors (Lipinski definition) is 4. The number of amides is 1. The quantitative estimate of drug-likeness (QED) is 0.421. The monoisotopic (exact) mass is 386 g/mol. The van der Waals surface area contributed by atoms with Crippen molar-refractivity contribution in [3.8, 4) is 0 Å². The van der Waals surface area contributed by atoms with E-state index in [1.165, 1.54) is 7.11 Å². The van der Waals surface area contributed by atoms with Crippen LogP contribution in [0.2, 0.25) is 0 Å². The molecule has 1 aromatic rings. The Bertz CT molecular complexity index is 680. The molecular formula is C17H21F3N4O3. The molecule has 1 aliphatic rings. The summed E-state index contributed by atoms with van der Waals surface area (Å²) in [4.78, 5) is 15.5. The van der Waals surface area contributed by atoms with Gasteiger partial charge >= 0.3 is 12.1 Å². The molecule has 0 aliphatic carbocycles. The molecule has 0 aromatic heterocycles. The molecule has 1 heterocycles. The zero-order valence-electron chi connectivity index (χ0n) is 15.0. The molecule has 148 valence electrons. The van der Waals surface area contributed by atoms with E-state index in [-0.39, 0.29) is 6.54 Å². The largest absolute Gasteiger partial charge is 0.471 e. The van der Waals surface area contributed by atoms with Crippen molar-refractivity contribution in [1.29, 1.82) is 0 Å². The number of carbonyl (C=O) groups excluding carboxylic acids is 1. The van der Waals surface area contributed by atoms with Gasteiger partial charge < -0.3 is 14.4 Å². The number of ether oxygens (including phenoxy) is 2. The second-order valence-corrected chi connectivity index (χ2v) is 6.25. The molecule has 1 saturated heterocycles. The first-order valence-corrected chi connectivity index (χ1v) is 8.43. The second-order valence-electron chi connectivity index (χ2n) is 6.25. The lowest BCUT2D eigenvalue weighted by Gasteiger charge is -2.38. The van der Waals surface area contributed by atoms with Crippen LogP contribution in [-0.2, 0) is 14.3 Å². The number of halogens is 3. The Labute approximate surface area is 154 Å². The number of rotatable bonds is 6. The van der Waals surface area contributed by atoms with E-state index >= 15 is 0 Å². The van der Waals surface area contributed by atoms with Crippen LogP contribution < -0.4 is 0 Å². The highest BCUT2D eigenvalue weighted by molar-refractivity contribution is 5.82. The molecule has 0 N–H and O–H groups in total. The highest BCUT2D eigenvalue weighted by Gasteiger charge is 2.45. The van der Waals surface area contributed by atoms with Gasteiger partial charge in [-0.1, -0.05) is 35.4 Å². The Morgan fingerprint density at radius 1 is 1.41 bits per heavy atom. The Morgan fingerprint density at radius 2 is 2.07 bits per heavy atom. The average molecular weight is 386 g/mol. The molecule has 1 fully saturated rings. The van der Waals surface area contributed by atoms with Crippen LogP contribution in [0.25, 0.3) is 10.4 Å². The van der Waals surface area contributed by atoms with Crippen molar-refractivity contribution in [2.75, 3.05) is 13.7 Å². The van der Waals surface area contributed by atoms with Gasteiger partial charge in [-0.15, -0.1) is 0 Å². The van der Waals surface area contributed by atoms with Crippen LogP contribution in [0.15, 0.2) is 35.4 Å². The first kappa shape index (κ1) is 21.0. The van der Waals surface area contributed by atoms with E-state index in [0.29, 0.717) is 18.4 Å². The van der Waals surface area contributed by atoms with Gasteiger partial charge in [-0.05, 0) is 30.9 Å². The van der Waals surface area contributed by atoms with E-state index in [9.17, 15) is 18.0 Å². The molecule has 0 spiro atoms. The van der Waals surface area contributed by atoms with Crippen LogP contribution in [-0.4, -0.2) is 49.1 Å². The lowest BCUT2D eigenvalue weighted by atomic mass is 10.0. The third-order valence-corrected chi connectivity index (χ3v) is 4.51. The van der Waals surface area contributed by atoms with Crippen molar-refractivity contribution in [2.45, 2.75) is 50.4 Å². The van der Waals surface area contributed by atoms with Crippen molar-refractivity contribution in [1.82, 2.24) is 4.90 Å². The fourth-order valence-electron chi connectivity index (χ4n) is 3.08. The van der Waals surface area contributed by atoms with Crippen molar-refractivity contribution >= 4 is 5.91 Å². The van der Waals surface area contributed by atoms with Crippen LogP contribution >= 0.6 is 0 Å². The molecule has 0 saturated carbocycles. The second kappa shape index (κ2) is 9.07. The minimum Gasteiger partial charge on any atom is -0.355 e. The van der Waals surface area contributed by atoms with Gasteiger partial charge in [0.15, 0.2) is 6.29 Å². The Kier molecular flexibility index (Phi) is 7.06. The fourth-order valence-corrected chi connectivity index (χ4v) is 3.08. The third kappa shape index (κ3) is 5.35. The number of carbonyl (C=O) groups is 1. The highest BCUT2D eigenvalue weighted by Crippen LogP contribution is 2.30. The standard InChI is InChI=1S/C17H21F3N4O3/c1-11(12-6-4-3-5-7-12)24(16(25)17(18,19)20)10-13-8-9-14(22-23-21)15(26-2)27-13/h3-7,11,13-15H,8-10H2,1-2H3/t11-,13+,14-,15+/m1/s1. The molecular weight excluding hydrogens is 365 g/mol. The molecule has 4 atom stereocenters. The maximum atomic E-state index is 13.1. The number of azide groups is 1. The zero-order valence-corrected chi connectivity index (χ0v) is 15.0. The summed E-state index contributed by atoms with van der Waals surface area (Å²) < 4.78 is 50.1. The number of nitrogens with zero attached hydrogens (tertiary/aromatic N) is 4. The van der Waals surface area contributed by atoms with E-state index in [0.717, 1.165) is 4.90 Å². The van der Waals surface area contributed by atoms with Gasteiger partial charge in [0.2, 0.25) is 0 Å². The first-order chi connectivity index (χ1) is 12.8. The molecule has 27 heavy (non-hydrogen) atoms. The van der Waals surface area contributed by atoms with Crippen LogP contribution in [0, 0.1) is 0 Å². The summed E-state index contributed by atoms with van der Waals surface area (Å²) in [5.41, 5.74) is 9.16. The summed E-state index contributed by atoms with van der Waals surface area (Å²) in [5.74, 6) is -1.92. The lowest BCUT2D eigenvalue weighted by Crippen LogP contribution is -2.49. The smallest absolute Gasteiger partial charge is 0.355 e. The summed E-state index contributed by atoms with van der Waals surface area (Å²) in [5, 5.41) is 3.58. The summed E-state index contributed by atoms with van der Waals surface area (Å²) >= 11 is 0. The van der Waals surface area contributed by atoms with Gasteiger partial charge in [-0.25, -0.2) is 0 Å². The van der Waals surface area contributed by atoms with Gasteiger partial charge in [-0.2, -0.15) is 13.2 Å². The molecule has 1 amide bonds. The molecule has 10 heteroatoms. The van der Waals surface area contributed by atoms with E-state index in [1.54, 1.807) is 37.3 Å². The predicted molar refractivity (Wildman–Crippen MR) is 90.5 cm³/mol. The van der Waals surface area contributed by atoms with Crippen LogP contribution in [0.3, 0.4) is 0 Å². The lowest BCUT2D eigenvalue weighted by molar-refractivity contribution is -0.206. The summed E-state index contributed by atoms with van der Waals surface area (Å²) in [6, 6.07) is 7.12. The summed E-state index contributed by atoms with van der Waals surface area (Å²) in [6.45, 7) is 1.29. The molecule has 0 unspecified atom stereocenters.